The highest BCUT2D eigenvalue weighted by atomic mass is 16.4. The van der Waals surface area contributed by atoms with Gasteiger partial charge in [0.05, 0.1) is 5.92 Å². The summed E-state index contributed by atoms with van der Waals surface area (Å²) in [5, 5.41) is 0. The highest BCUT2D eigenvalue weighted by Gasteiger charge is 2.23. The van der Waals surface area contributed by atoms with Gasteiger partial charge in [-0.05, 0) is 50.2 Å². The molecule has 3 nitrogen and oxygen atoms in total. The van der Waals surface area contributed by atoms with Crippen LogP contribution in [-0.2, 0) is 12.8 Å². The van der Waals surface area contributed by atoms with Gasteiger partial charge in [-0.1, -0.05) is 6.92 Å². The normalized spacial score (nSPS) is 12.7. The standard InChI is InChI=1S/C18H20O3/c1-4-14-8-10-18(21-14)16(17-9-6-13(3)20-17)11-15-7-5-12(2)19-15/h5-10,16H,4,11H2,1-3H3. The van der Waals surface area contributed by atoms with Crippen molar-refractivity contribution in [2.75, 3.05) is 0 Å². The molecular formula is C18H20O3. The number of hydrogen-bond acceptors (Lipinski definition) is 3. The Kier molecular flexibility index (Phi) is 3.74. The molecule has 0 saturated carbocycles. The van der Waals surface area contributed by atoms with E-state index in [9.17, 15) is 0 Å². The van der Waals surface area contributed by atoms with Crippen LogP contribution in [0, 0.1) is 13.8 Å². The van der Waals surface area contributed by atoms with E-state index in [1.165, 1.54) is 0 Å². The van der Waals surface area contributed by atoms with Gasteiger partial charge in [0.25, 0.3) is 0 Å². The Balaban J connectivity index is 1.94. The van der Waals surface area contributed by atoms with Gasteiger partial charge in [-0.3, -0.25) is 0 Å². The molecule has 3 heteroatoms. The Morgan fingerprint density at radius 2 is 1.38 bits per heavy atom. The molecular weight excluding hydrogens is 264 g/mol. The highest BCUT2D eigenvalue weighted by Crippen LogP contribution is 2.31. The molecule has 3 heterocycles. The van der Waals surface area contributed by atoms with Crippen molar-refractivity contribution in [2.45, 2.75) is 39.5 Å². The number of rotatable bonds is 5. The third-order valence-corrected chi connectivity index (χ3v) is 3.68. The summed E-state index contributed by atoms with van der Waals surface area (Å²) in [7, 11) is 0. The van der Waals surface area contributed by atoms with Crippen molar-refractivity contribution in [1.82, 2.24) is 0 Å². The minimum absolute atomic E-state index is 0.0459. The summed E-state index contributed by atoms with van der Waals surface area (Å²) in [6.45, 7) is 6.00. The van der Waals surface area contributed by atoms with Gasteiger partial charge in [-0.15, -0.1) is 0 Å². The molecule has 0 bridgehead atoms. The fraction of sp³-hybridized carbons (Fsp3) is 0.333. The van der Waals surface area contributed by atoms with Gasteiger partial charge in [0.15, 0.2) is 0 Å². The summed E-state index contributed by atoms with van der Waals surface area (Å²) in [4.78, 5) is 0. The number of hydrogen-bond donors (Lipinski definition) is 0. The maximum atomic E-state index is 5.94. The molecule has 1 atom stereocenters. The third-order valence-electron chi connectivity index (χ3n) is 3.68. The minimum atomic E-state index is 0.0459. The molecule has 0 fully saturated rings. The lowest BCUT2D eigenvalue weighted by Crippen LogP contribution is -2.02. The first-order valence-corrected chi connectivity index (χ1v) is 7.36. The van der Waals surface area contributed by atoms with Crippen molar-refractivity contribution < 1.29 is 13.3 Å². The van der Waals surface area contributed by atoms with Crippen LogP contribution in [0.25, 0.3) is 0 Å². The molecule has 0 saturated heterocycles. The molecule has 110 valence electrons. The van der Waals surface area contributed by atoms with E-state index in [1.54, 1.807) is 0 Å². The van der Waals surface area contributed by atoms with Crippen molar-refractivity contribution >= 4 is 0 Å². The van der Waals surface area contributed by atoms with Gasteiger partial charge in [0.2, 0.25) is 0 Å². The van der Waals surface area contributed by atoms with Crippen molar-refractivity contribution in [3.8, 4) is 0 Å². The lowest BCUT2D eigenvalue weighted by Gasteiger charge is -2.10. The molecule has 0 aliphatic carbocycles. The van der Waals surface area contributed by atoms with Crippen molar-refractivity contribution in [1.29, 1.82) is 0 Å². The zero-order chi connectivity index (χ0) is 14.8. The van der Waals surface area contributed by atoms with Gasteiger partial charge < -0.3 is 13.3 Å². The fourth-order valence-corrected chi connectivity index (χ4v) is 2.55. The molecule has 0 spiro atoms. The molecule has 0 aromatic carbocycles. The first-order chi connectivity index (χ1) is 10.2. The molecule has 3 aromatic rings. The summed E-state index contributed by atoms with van der Waals surface area (Å²) in [5.74, 6) is 5.66. The van der Waals surface area contributed by atoms with E-state index in [0.717, 1.165) is 47.4 Å². The highest BCUT2D eigenvalue weighted by molar-refractivity contribution is 5.25. The molecule has 0 amide bonds. The topological polar surface area (TPSA) is 39.4 Å². The molecule has 0 radical (unpaired) electrons. The molecule has 0 aliphatic rings. The maximum Gasteiger partial charge on any atom is 0.115 e. The number of furan rings is 3. The van der Waals surface area contributed by atoms with Crippen LogP contribution in [-0.4, -0.2) is 0 Å². The SMILES string of the molecule is CCc1ccc(C(Cc2ccc(C)o2)c2ccc(C)o2)o1. The first kappa shape index (κ1) is 13.8. The summed E-state index contributed by atoms with van der Waals surface area (Å²) in [6, 6.07) is 12.1. The van der Waals surface area contributed by atoms with Crippen LogP contribution in [0.5, 0.6) is 0 Å². The van der Waals surface area contributed by atoms with E-state index < -0.39 is 0 Å². The molecule has 3 rings (SSSR count). The predicted molar refractivity (Wildman–Crippen MR) is 80.5 cm³/mol. The van der Waals surface area contributed by atoms with Crippen LogP contribution >= 0.6 is 0 Å². The second-order valence-corrected chi connectivity index (χ2v) is 5.38. The van der Waals surface area contributed by atoms with Crippen LogP contribution in [0.1, 0.15) is 47.4 Å². The van der Waals surface area contributed by atoms with E-state index in [4.69, 9.17) is 13.3 Å². The van der Waals surface area contributed by atoms with Crippen molar-refractivity contribution in [2.24, 2.45) is 0 Å². The third kappa shape index (κ3) is 2.97. The van der Waals surface area contributed by atoms with Gasteiger partial charge in [0, 0.05) is 12.8 Å². The van der Waals surface area contributed by atoms with Crippen molar-refractivity contribution in [3.63, 3.8) is 0 Å². The van der Waals surface area contributed by atoms with Gasteiger partial charge in [0.1, 0.15) is 34.6 Å². The summed E-state index contributed by atoms with van der Waals surface area (Å²) in [6.07, 6.45) is 1.63. The molecule has 3 aromatic heterocycles. The first-order valence-electron chi connectivity index (χ1n) is 7.36. The molecule has 21 heavy (non-hydrogen) atoms. The lowest BCUT2D eigenvalue weighted by molar-refractivity contribution is 0.383. The Bertz CT molecular complexity index is 714. The monoisotopic (exact) mass is 284 g/mol. The smallest absolute Gasteiger partial charge is 0.115 e. The minimum Gasteiger partial charge on any atom is -0.466 e. The summed E-state index contributed by atoms with van der Waals surface area (Å²) >= 11 is 0. The second kappa shape index (κ2) is 5.68. The molecule has 0 N–H and O–H groups in total. The average molecular weight is 284 g/mol. The lowest BCUT2D eigenvalue weighted by atomic mass is 9.98. The summed E-state index contributed by atoms with van der Waals surface area (Å²) < 4.78 is 17.5. The Labute approximate surface area is 124 Å². The van der Waals surface area contributed by atoms with E-state index in [0.29, 0.717) is 0 Å². The zero-order valence-electron chi connectivity index (χ0n) is 12.7. The van der Waals surface area contributed by atoms with Gasteiger partial charge in [-0.25, -0.2) is 0 Å². The van der Waals surface area contributed by atoms with E-state index in [1.807, 2.05) is 50.2 Å². The van der Waals surface area contributed by atoms with E-state index in [2.05, 4.69) is 6.92 Å². The number of aryl methyl sites for hydroxylation is 3. The van der Waals surface area contributed by atoms with Gasteiger partial charge >= 0.3 is 0 Å². The molecule has 0 aliphatic heterocycles. The Hall–Kier alpha value is -2.16. The fourth-order valence-electron chi connectivity index (χ4n) is 2.55. The summed E-state index contributed by atoms with van der Waals surface area (Å²) in [5.41, 5.74) is 0. The zero-order valence-corrected chi connectivity index (χ0v) is 12.7. The average Bonchev–Trinajstić information content (AvgIpc) is 3.17. The van der Waals surface area contributed by atoms with Crippen LogP contribution in [0.3, 0.4) is 0 Å². The Morgan fingerprint density at radius 3 is 1.95 bits per heavy atom. The second-order valence-electron chi connectivity index (χ2n) is 5.38. The van der Waals surface area contributed by atoms with E-state index in [-0.39, 0.29) is 5.92 Å². The predicted octanol–water partition coefficient (Wildman–Crippen LogP) is 5.02. The van der Waals surface area contributed by atoms with Crippen molar-refractivity contribution in [3.05, 3.63) is 71.0 Å². The van der Waals surface area contributed by atoms with Gasteiger partial charge in [-0.2, -0.15) is 0 Å². The molecule has 1 unspecified atom stereocenters. The largest absolute Gasteiger partial charge is 0.466 e. The van der Waals surface area contributed by atoms with Crippen LogP contribution in [0.15, 0.2) is 49.6 Å². The van der Waals surface area contributed by atoms with Crippen LogP contribution in [0.4, 0.5) is 0 Å². The van der Waals surface area contributed by atoms with Crippen LogP contribution in [0.2, 0.25) is 0 Å². The van der Waals surface area contributed by atoms with E-state index >= 15 is 0 Å². The van der Waals surface area contributed by atoms with Crippen LogP contribution < -0.4 is 0 Å². The maximum absolute atomic E-state index is 5.94. The Morgan fingerprint density at radius 1 is 0.762 bits per heavy atom. The quantitative estimate of drug-likeness (QED) is 0.660.